The standard InChI is InChI=1S/C15H29I2NOSi2/c1-9-18(10-2)15(19)12(14(17)21(6,7)8)11-13(16)20(3,4)5/h11H,9-10H2,1-8H3/b13-11+,14-12-. The number of hydrogen-bond acceptors (Lipinski definition) is 1. The Balaban J connectivity index is 6.02. The molecule has 0 heterocycles. The van der Waals surface area contributed by atoms with E-state index in [0.29, 0.717) is 0 Å². The fraction of sp³-hybridized carbons (Fsp3) is 0.667. The molecule has 6 heteroatoms. The van der Waals surface area contributed by atoms with Gasteiger partial charge in [-0.15, -0.1) is 0 Å². The van der Waals surface area contributed by atoms with Gasteiger partial charge in [-0.25, -0.2) is 0 Å². The second-order valence-corrected chi connectivity index (χ2v) is 21.5. The van der Waals surface area contributed by atoms with Crippen LogP contribution in [0.3, 0.4) is 0 Å². The average Bonchev–Trinajstić information content (AvgIpc) is 2.33. The highest BCUT2D eigenvalue weighted by atomic mass is 127. The molecule has 0 N–H and O–H groups in total. The minimum atomic E-state index is -1.50. The maximum Gasteiger partial charge on any atom is 0.254 e. The van der Waals surface area contributed by atoms with E-state index in [1.807, 2.05) is 18.7 Å². The van der Waals surface area contributed by atoms with Gasteiger partial charge in [0, 0.05) is 18.7 Å². The van der Waals surface area contributed by atoms with Crippen molar-refractivity contribution in [2.75, 3.05) is 13.1 Å². The maximum atomic E-state index is 12.9. The predicted molar refractivity (Wildman–Crippen MR) is 118 cm³/mol. The molecule has 0 aliphatic carbocycles. The fourth-order valence-electron chi connectivity index (χ4n) is 1.65. The van der Waals surface area contributed by atoms with Crippen molar-refractivity contribution in [1.29, 1.82) is 0 Å². The van der Waals surface area contributed by atoms with Gasteiger partial charge in [-0.3, -0.25) is 4.79 Å². The van der Waals surface area contributed by atoms with E-state index in [0.717, 1.165) is 18.7 Å². The van der Waals surface area contributed by atoms with Crippen molar-refractivity contribution in [2.24, 2.45) is 0 Å². The minimum absolute atomic E-state index is 0.194. The first kappa shape index (κ1) is 21.8. The molecule has 0 bridgehead atoms. The van der Waals surface area contributed by atoms with Gasteiger partial charge in [0.15, 0.2) is 0 Å². The van der Waals surface area contributed by atoms with Gasteiger partial charge in [-0.2, -0.15) is 0 Å². The van der Waals surface area contributed by atoms with Crippen LogP contribution in [0.1, 0.15) is 13.8 Å². The molecule has 0 unspecified atom stereocenters. The van der Waals surface area contributed by atoms with Crippen LogP contribution in [0.5, 0.6) is 0 Å². The van der Waals surface area contributed by atoms with E-state index in [2.05, 4.69) is 90.5 Å². The van der Waals surface area contributed by atoms with Crippen molar-refractivity contribution < 1.29 is 4.79 Å². The van der Waals surface area contributed by atoms with Gasteiger partial charge in [0.1, 0.15) is 0 Å². The molecule has 0 aromatic carbocycles. The second kappa shape index (κ2) is 8.63. The molecule has 0 rings (SSSR count). The van der Waals surface area contributed by atoms with E-state index in [4.69, 9.17) is 0 Å². The summed E-state index contributed by atoms with van der Waals surface area (Å²) in [5.41, 5.74) is 0.935. The lowest BCUT2D eigenvalue weighted by molar-refractivity contribution is -0.126. The van der Waals surface area contributed by atoms with Crippen LogP contribution in [-0.2, 0) is 4.79 Å². The Labute approximate surface area is 160 Å². The van der Waals surface area contributed by atoms with E-state index in [1.54, 1.807) is 0 Å². The third-order valence-corrected chi connectivity index (χ3v) is 16.9. The number of halogens is 2. The minimum Gasteiger partial charge on any atom is -0.339 e. The molecule has 2 nitrogen and oxygen atoms in total. The zero-order chi connectivity index (χ0) is 17.0. The van der Waals surface area contributed by atoms with Gasteiger partial charge in [-0.05, 0) is 26.3 Å². The normalized spacial score (nSPS) is 14.9. The Bertz CT molecular complexity index is 442. The topological polar surface area (TPSA) is 20.3 Å². The van der Waals surface area contributed by atoms with Crippen LogP contribution in [0.4, 0.5) is 0 Å². The summed E-state index contributed by atoms with van der Waals surface area (Å²) in [7, 11) is -2.87. The highest BCUT2D eigenvalue weighted by molar-refractivity contribution is 14.1. The summed E-state index contributed by atoms with van der Waals surface area (Å²) < 4.78 is 2.65. The van der Waals surface area contributed by atoms with E-state index in [1.165, 1.54) is 6.41 Å². The summed E-state index contributed by atoms with van der Waals surface area (Å²) >= 11 is 4.85. The lowest BCUT2D eigenvalue weighted by Gasteiger charge is -2.25. The van der Waals surface area contributed by atoms with Crippen molar-refractivity contribution in [2.45, 2.75) is 53.1 Å². The van der Waals surface area contributed by atoms with Crippen molar-refractivity contribution in [3.8, 4) is 0 Å². The van der Waals surface area contributed by atoms with Crippen molar-refractivity contribution in [3.63, 3.8) is 0 Å². The Morgan fingerprint density at radius 3 is 1.67 bits per heavy atom. The SMILES string of the molecule is CCN(CC)C(=O)C(/C=C(\I)[Si](C)(C)C)=C(/I)[Si](C)(C)C. The van der Waals surface area contributed by atoms with Crippen LogP contribution >= 0.6 is 45.2 Å². The largest absolute Gasteiger partial charge is 0.339 e. The fourth-order valence-corrected chi connectivity index (χ4v) is 3.91. The predicted octanol–water partition coefficient (Wildman–Crippen LogP) is 5.62. The van der Waals surface area contributed by atoms with Crippen molar-refractivity contribution in [3.05, 3.63) is 18.1 Å². The highest BCUT2D eigenvalue weighted by Crippen LogP contribution is 2.31. The van der Waals surface area contributed by atoms with Crippen LogP contribution in [-0.4, -0.2) is 40.0 Å². The van der Waals surface area contributed by atoms with Gasteiger partial charge in [0.2, 0.25) is 0 Å². The molecule has 0 saturated heterocycles. The quantitative estimate of drug-likeness (QED) is 0.183. The molecule has 0 saturated carbocycles. The summed E-state index contributed by atoms with van der Waals surface area (Å²) in [5.74, 6) is 0.194. The van der Waals surface area contributed by atoms with Crippen LogP contribution in [0.15, 0.2) is 18.1 Å². The molecule has 0 radical (unpaired) electrons. The molecular formula is C15H29I2NOSi2. The number of likely N-dealkylation sites (N-methyl/N-ethyl adjacent to an activating group) is 1. The molecule has 0 fully saturated rings. The zero-order valence-electron chi connectivity index (χ0n) is 14.6. The summed E-state index contributed by atoms with van der Waals surface area (Å²) in [4.78, 5) is 14.8. The van der Waals surface area contributed by atoms with Gasteiger partial charge < -0.3 is 4.90 Å². The highest BCUT2D eigenvalue weighted by Gasteiger charge is 2.27. The van der Waals surface area contributed by atoms with Gasteiger partial charge in [0.25, 0.3) is 5.91 Å². The molecule has 0 atom stereocenters. The molecule has 0 spiro atoms. The van der Waals surface area contributed by atoms with Gasteiger partial charge in [-0.1, -0.05) is 84.5 Å². The third-order valence-electron chi connectivity index (χ3n) is 3.16. The average molecular weight is 549 g/mol. The Hall–Kier alpha value is 0.844. The molecule has 21 heavy (non-hydrogen) atoms. The molecule has 1 amide bonds. The van der Waals surface area contributed by atoms with Gasteiger partial charge in [0.05, 0.1) is 16.1 Å². The van der Waals surface area contributed by atoms with Crippen LogP contribution in [0.25, 0.3) is 0 Å². The van der Waals surface area contributed by atoms with E-state index in [9.17, 15) is 4.79 Å². The maximum absolute atomic E-state index is 12.9. The van der Waals surface area contributed by atoms with E-state index in [-0.39, 0.29) is 5.91 Å². The van der Waals surface area contributed by atoms with Gasteiger partial charge >= 0.3 is 0 Å². The number of amides is 1. The smallest absolute Gasteiger partial charge is 0.254 e. The molecule has 0 aliphatic rings. The molecule has 0 aromatic heterocycles. The zero-order valence-corrected chi connectivity index (χ0v) is 20.9. The molecule has 0 aromatic rings. The monoisotopic (exact) mass is 549 g/mol. The van der Waals surface area contributed by atoms with Crippen LogP contribution in [0.2, 0.25) is 39.3 Å². The Morgan fingerprint density at radius 2 is 1.38 bits per heavy atom. The Morgan fingerprint density at radius 1 is 0.952 bits per heavy atom. The summed E-state index contributed by atoms with van der Waals surface area (Å²) in [6.45, 7) is 19.5. The first-order valence-electron chi connectivity index (χ1n) is 7.43. The number of carbonyl (C=O) groups excluding carboxylic acids is 1. The summed E-state index contributed by atoms with van der Waals surface area (Å²) in [6.07, 6.45) is 2.17. The first-order chi connectivity index (χ1) is 9.36. The van der Waals surface area contributed by atoms with Crippen LogP contribution < -0.4 is 0 Å². The summed E-state index contributed by atoms with van der Waals surface area (Å²) in [5, 5.41) is 0. The molecule has 122 valence electrons. The van der Waals surface area contributed by atoms with E-state index < -0.39 is 16.1 Å². The number of rotatable bonds is 6. The number of carbonyl (C=O) groups is 1. The lowest BCUT2D eigenvalue weighted by Crippen LogP contribution is -2.34. The summed E-state index contributed by atoms with van der Waals surface area (Å²) in [6, 6.07) is 0. The lowest BCUT2D eigenvalue weighted by atomic mass is 10.2. The third kappa shape index (κ3) is 6.86. The van der Waals surface area contributed by atoms with E-state index >= 15 is 0 Å². The van der Waals surface area contributed by atoms with Crippen molar-refractivity contribution in [1.82, 2.24) is 4.90 Å². The number of nitrogens with zero attached hydrogens (tertiary/aromatic N) is 1. The number of hydrogen-bond donors (Lipinski definition) is 0. The second-order valence-electron chi connectivity index (χ2n) is 7.20. The van der Waals surface area contributed by atoms with Crippen LogP contribution in [0, 0.1) is 0 Å². The molecule has 0 aliphatic heterocycles. The first-order valence-corrected chi connectivity index (χ1v) is 16.6. The van der Waals surface area contributed by atoms with Crippen molar-refractivity contribution >= 4 is 67.2 Å². The Kier molecular flexibility index (Phi) is 8.97. The molecular weight excluding hydrogens is 520 g/mol.